The van der Waals surface area contributed by atoms with Gasteiger partial charge in [-0.1, -0.05) is 0 Å². The van der Waals surface area contributed by atoms with Crippen LogP contribution in [0.3, 0.4) is 0 Å². The Hall–Kier alpha value is -1.82. The number of aliphatic carboxylic acids is 1. The maximum atomic E-state index is 12.0. The number of β-amino-alcohol motifs (C(OH)–C–C–N with tert-alkyl or cyclic N) is 1. The fraction of sp³-hybridized carbons (Fsp3) is 0.455. The predicted octanol–water partition coefficient (Wildman–Crippen LogP) is 0.248. The summed E-state index contributed by atoms with van der Waals surface area (Å²) in [6.45, 7) is 1.72. The second-order valence-corrected chi connectivity index (χ2v) is 4.11. The van der Waals surface area contributed by atoms with Gasteiger partial charge in [-0.3, -0.25) is 4.79 Å². The van der Waals surface area contributed by atoms with Crippen LogP contribution < -0.4 is 0 Å². The van der Waals surface area contributed by atoms with E-state index in [0.29, 0.717) is 5.76 Å². The van der Waals surface area contributed by atoms with Gasteiger partial charge in [0.25, 0.3) is 5.91 Å². The summed E-state index contributed by atoms with van der Waals surface area (Å²) in [5, 5.41) is 18.4. The molecule has 6 nitrogen and oxygen atoms in total. The van der Waals surface area contributed by atoms with Gasteiger partial charge in [0.05, 0.1) is 6.10 Å². The molecular weight excluding hydrogens is 226 g/mol. The highest BCUT2D eigenvalue weighted by atomic mass is 16.4. The summed E-state index contributed by atoms with van der Waals surface area (Å²) in [6, 6.07) is 2.15. The molecule has 0 aliphatic carbocycles. The molecule has 0 saturated carbocycles. The molecule has 1 amide bonds. The smallest absolute Gasteiger partial charge is 0.326 e. The van der Waals surface area contributed by atoms with Crippen molar-refractivity contribution in [2.45, 2.75) is 25.5 Å². The van der Waals surface area contributed by atoms with Gasteiger partial charge in [0.1, 0.15) is 11.8 Å². The van der Waals surface area contributed by atoms with Crippen LogP contribution in [0.4, 0.5) is 0 Å². The third kappa shape index (κ3) is 2.16. The average molecular weight is 239 g/mol. The van der Waals surface area contributed by atoms with Gasteiger partial charge >= 0.3 is 5.97 Å². The Bertz CT molecular complexity index is 452. The Balaban J connectivity index is 2.21. The molecule has 92 valence electrons. The van der Waals surface area contributed by atoms with Crippen LogP contribution in [0.1, 0.15) is 22.7 Å². The number of nitrogens with zero attached hydrogens (tertiary/aromatic N) is 1. The molecule has 1 saturated heterocycles. The minimum atomic E-state index is -1.11. The van der Waals surface area contributed by atoms with Crippen molar-refractivity contribution in [1.82, 2.24) is 4.90 Å². The number of aliphatic hydroxyl groups excluding tert-OH is 1. The first-order chi connectivity index (χ1) is 7.99. The number of carboxylic acid groups (broad SMARTS) is 1. The molecule has 2 heterocycles. The molecule has 1 aromatic rings. The molecule has 1 aliphatic heterocycles. The van der Waals surface area contributed by atoms with E-state index in [4.69, 9.17) is 9.52 Å². The van der Waals surface area contributed by atoms with Gasteiger partial charge in [0.2, 0.25) is 0 Å². The van der Waals surface area contributed by atoms with Gasteiger partial charge in [-0.15, -0.1) is 0 Å². The summed E-state index contributed by atoms with van der Waals surface area (Å²) >= 11 is 0. The van der Waals surface area contributed by atoms with Gasteiger partial charge in [-0.05, 0) is 19.1 Å². The summed E-state index contributed by atoms with van der Waals surface area (Å²) in [7, 11) is 0. The Kier molecular flexibility index (Phi) is 2.89. The summed E-state index contributed by atoms with van der Waals surface area (Å²) < 4.78 is 5.16. The number of carboxylic acids is 1. The third-order valence-corrected chi connectivity index (χ3v) is 2.78. The van der Waals surface area contributed by atoms with Crippen LogP contribution in [0.15, 0.2) is 16.5 Å². The minimum absolute atomic E-state index is 0.0234. The lowest BCUT2D eigenvalue weighted by molar-refractivity contribution is -0.141. The number of carbonyl (C=O) groups is 2. The van der Waals surface area contributed by atoms with Crippen molar-refractivity contribution in [3.8, 4) is 0 Å². The standard InChI is InChI=1S/C11H13NO5/c1-6-2-3-9(17-6)10(14)12-5-7(13)4-8(12)11(15)16/h2-3,7-8,13H,4-5H2,1H3,(H,15,16)/t7-,8-/m0/s1. The molecule has 1 aliphatic rings. The number of carbonyl (C=O) groups excluding carboxylic acids is 1. The summed E-state index contributed by atoms with van der Waals surface area (Å²) in [5.41, 5.74) is 0. The second kappa shape index (κ2) is 4.21. The highest BCUT2D eigenvalue weighted by Gasteiger charge is 2.40. The molecule has 6 heteroatoms. The predicted molar refractivity (Wildman–Crippen MR) is 56.5 cm³/mol. The van der Waals surface area contributed by atoms with E-state index in [9.17, 15) is 14.7 Å². The van der Waals surface area contributed by atoms with Gasteiger partial charge in [0.15, 0.2) is 5.76 Å². The van der Waals surface area contributed by atoms with Crippen LogP contribution >= 0.6 is 0 Å². The number of aryl methyl sites for hydroxylation is 1. The van der Waals surface area contributed by atoms with Crippen molar-refractivity contribution in [3.05, 3.63) is 23.7 Å². The lowest BCUT2D eigenvalue weighted by Gasteiger charge is -2.19. The first kappa shape index (κ1) is 11.7. The molecule has 2 N–H and O–H groups in total. The molecule has 17 heavy (non-hydrogen) atoms. The van der Waals surface area contributed by atoms with E-state index in [-0.39, 0.29) is 18.7 Å². The molecule has 0 aromatic carbocycles. The number of likely N-dealkylation sites (tertiary alicyclic amines) is 1. The molecule has 2 rings (SSSR count). The van der Waals surface area contributed by atoms with Crippen molar-refractivity contribution in [2.24, 2.45) is 0 Å². The first-order valence-corrected chi connectivity index (χ1v) is 5.27. The van der Waals surface area contributed by atoms with Crippen molar-refractivity contribution < 1.29 is 24.2 Å². The largest absolute Gasteiger partial charge is 0.480 e. The van der Waals surface area contributed by atoms with Crippen LogP contribution in [0.2, 0.25) is 0 Å². The Morgan fingerprint density at radius 1 is 1.47 bits per heavy atom. The monoisotopic (exact) mass is 239 g/mol. The van der Waals surface area contributed by atoms with Crippen LogP contribution in [0.25, 0.3) is 0 Å². The fourth-order valence-corrected chi connectivity index (χ4v) is 1.96. The lowest BCUT2D eigenvalue weighted by atomic mass is 10.2. The minimum Gasteiger partial charge on any atom is -0.480 e. The Labute approximate surface area is 97.4 Å². The Morgan fingerprint density at radius 3 is 2.71 bits per heavy atom. The summed E-state index contributed by atoms with van der Waals surface area (Å²) in [6.07, 6.45) is -0.739. The van der Waals surface area contributed by atoms with Crippen LogP contribution in [0.5, 0.6) is 0 Å². The molecule has 0 radical (unpaired) electrons. The number of aliphatic hydroxyl groups is 1. The van der Waals surface area contributed by atoms with E-state index in [0.717, 1.165) is 4.90 Å². The van der Waals surface area contributed by atoms with Crippen molar-refractivity contribution in [1.29, 1.82) is 0 Å². The Morgan fingerprint density at radius 2 is 2.18 bits per heavy atom. The number of rotatable bonds is 2. The third-order valence-electron chi connectivity index (χ3n) is 2.78. The van der Waals surface area contributed by atoms with E-state index in [1.165, 1.54) is 6.07 Å². The number of furan rings is 1. The van der Waals surface area contributed by atoms with E-state index in [1.54, 1.807) is 13.0 Å². The molecule has 2 atom stereocenters. The van der Waals surface area contributed by atoms with Crippen molar-refractivity contribution in [2.75, 3.05) is 6.54 Å². The zero-order chi connectivity index (χ0) is 12.6. The summed E-state index contributed by atoms with van der Waals surface area (Å²) in [5.74, 6) is -0.928. The molecule has 1 fully saturated rings. The quantitative estimate of drug-likeness (QED) is 0.771. The second-order valence-electron chi connectivity index (χ2n) is 4.11. The van der Waals surface area contributed by atoms with Gasteiger partial charge < -0.3 is 19.5 Å². The zero-order valence-electron chi connectivity index (χ0n) is 9.29. The molecule has 0 bridgehead atoms. The molecule has 1 aromatic heterocycles. The normalized spacial score (nSPS) is 24.0. The SMILES string of the molecule is Cc1ccc(C(=O)N2C[C@@H](O)C[C@H]2C(=O)O)o1. The first-order valence-electron chi connectivity index (χ1n) is 5.27. The lowest BCUT2D eigenvalue weighted by Crippen LogP contribution is -2.40. The van der Waals surface area contributed by atoms with Crippen LogP contribution in [-0.2, 0) is 4.79 Å². The van der Waals surface area contributed by atoms with Crippen LogP contribution in [0, 0.1) is 6.92 Å². The maximum absolute atomic E-state index is 12.0. The zero-order valence-corrected chi connectivity index (χ0v) is 9.29. The van der Waals surface area contributed by atoms with Crippen molar-refractivity contribution >= 4 is 11.9 Å². The van der Waals surface area contributed by atoms with E-state index >= 15 is 0 Å². The van der Waals surface area contributed by atoms with E-state index in [2.05, 4.69) is 0 Å². The summed E-state index contributed by atoms with van der Waals surface area (Å²) in [4.78, 5) is 24.1. The van der Waals surface area contributed by atoms with Gasteiger partial charge in [-0.2, -0.15) is 0 Å². The van der Waals surface area contributed by atoms with E-state index in [1.807, 2.05) is 0 Å². The van der Waals surface area contributed by atoms with Crippen molar-refractivity contribution in [3.63, 3.8) is 0 Å². The van der Waals surface area contributed by atoms with Gasteiger partial charge in [-0.25, -0.2) is 4.79 Å². The molecule has 0 spiro atoms. The maximum Gasteiger partial charge on any atom is 0.326 e. The highest BCUT2D eigenvalue weighted by Crippen LogP contribution is 2.21. The number of hydrogen-bond acceptors (Lipinski definition) is 4. The van der Waals surface area contributed by atoms with E-state index < -0.39 is 24.0 Å². The number of amides is 1. The molecular formula is C11H13NO5. The van der Waals surface area contributed by atoms with Crippen LogP contribution in [-0.4, -0.2) is 45.7 Å². The molecule has 0 unspecified atom stereocenters. The number of hydrogen-bond donors (Lipinski definition) is 2. The fourth-order valence-electron chi connectivity index (χ4n) is 1.96. The average Bonchev–Trinajstić information content (AvgIpc) is 2.83. The highest BCUT2D eigenvalue weighted by molar-refractivity contribution is 5.94. The van der Waals surface area contributed by atoms with Gasteiger partial charge in [0, 0.05) is 13.0 Å². The topological polar surface area (TPSA) is 91.0 Å².